The van der Waals surface area contributed by atoms with E-state index in [2.05, 4.69) is 16.2 Å². The second-order valence-corrected chi connectivity index (χ2v) is 7.33. The predicted molar refractivity (Wildman–Crippen MR) is 99.7 cm³/mol. The zero-order valence-electron chi connectivity index (χ0n) is 15.6. The van der Waals surface area contributed by atoms with Crippen LogP contribution in [0.3, 0.4) is 0 Å². The van der Waals surface area contributed by atoms with Gasteiger partial charge in [0.25, 0.3) is 5.91 Å². The molecule has 1 rings (SSSR count). The van der Waals surface area contributed by atoms with Crippen LogP contribution in [0.15, 0.2) is 18.2 Å². The average molecular weight is 384 g/mol. The van der Waals surface area contributed by atoms with Gasteiger partial charge in [0.1, 0.15) is 5.75 Å². The molecule has 0 aliphatic rings. The Labute approximate surface area is 158 Å². The van der Waals surface area contributed by atoms with Crippen molar-refractivity contribution in [3.8, 4) is 5.75 Å². The fourth-order valence-corrected chi connectivity index (χ4v) is 2.09. The fraction of sp³-hybridized carbons (Fsp3) is 0.500. The SMILES string of the molecule is Cc1cc(Cl)ccc1OCCCC(=O)NNC(=O)CNC(=O)C(C)(C)C. The lowest BCUT2D eigenvalue weighted by Gasteiger charge is -2.17. The number of hydrazine groups is 1. The van der Waals surface area contributed by atoms with Gasteiger partial charge in [-0.1, -0.05) is 32.4 Å². The number of benzene rings is 1. The molecule has 0 saturated heterocycles. The number of amides is 3. The van der Waals surface area contributed by atoms with Crippen LogP contribution in [-0.4, -0.2) is 30.9 Å². The summed E-state index contributed by atoms with van der Waals surface area (Å²) in [6, 6.07) is 5.33. The molecule has 1 aromatic carbocycles. The maximum absolute atomic E-state index is 11.7. The lowest BCUT2D eigenvalue weighted by Crippen LogP contribution is -2.47. The van der Waals surface area contributed by atoms with Crippen molar-refractivity contribution < 1.29 is 19.1 Å². The zero-order valence-corrected chi connectivity index (χ0v) is 16.3. The maximum atomic E-state index is 11.7. The highest BCUT2D eigenvalue weighted by atomic mass is 35.5. The summed E-state index contributed by atoms with van der Waals surface area (Å²) < 4.78 is 5.59. The van der Waals surface area contributed by atoms with E-state index in [1.165, 1.54) is 0 Å². The molecule has 0 fully saturated rings. The maximum Gasteiger partial charge on any atom is 0.257 e. The highest BCUT2D eigenvalue weighted by molar-refractivity contribution is 6.30. The number of carbonyl (C=O) groups is 3. The van der Waals surface area contributed by atoms with E-state index in [9.17, 15) is 14.4 Å². The fourth-order valence-electron chi connectivity index (χ4n) is 1.86. The molecule has 7 nitrogen and oxygen atoms in total. The Morgan fingerprint density at radius 1 is 1.12 bits per heavy atom. The van der Waals surface area contributed by atoms with Crippen LogP contribution in [0.25, 0.3) is 0 Å². The molecule has 0 spiro atoms. The molecule has 0 aliphatic carbocycles. The molecule has 8 heteroatoms. The number of nitrogens with one attached hydrogen (secondary N) is 3. The van der Waals surface area contributed by atoms with Crippen molar-refractivity contribution in [2.24, 2.45) is 5.41 Å². The van der Waals surface area contributed by atoms with E-state index in [1.807, 2.05) is 6.92 Å². The van der Waals surface area contributed by atoms with Crippen LogP contribution in [0.5, 0.6) is 5.75 Å². The number of aryl methyl sites for hydroxylation is 1. The van der Waals surface area contributed by atoms with Crippen LogP contribution in [0.1, 0.15) is 39.2 Å². The van der Waals surface area contributed by atoms with Crippen LogP contribution in [0.4, 0.5) is 0 Å². The van der Waals surface area contributed by atoms with Gasteiger partial charge in [-0.25, -0.2) is 0 Å². The minimum Gasteiger partial charge on any atom is -0.493 e. The quantitative estimate of drug-likeness (QED) is 0.496. The largest absolute Gasteiger partial charge is 0.493 e. The van der Waals surface area contributed by atoms with Crippen molar-refractivity contribution in [1.29, 1.82) is 0 Å². The van der Waals surface area contributed by atoms with Gasteiger partial charge in [-0.15, -0.1) is 0 Å². The van der Waals surface area contributed by atoms with Crippen molar-refractivity contribution in [2.45, 2.75) is 40.5 Å². The van der Waals surface area contributed by atoms with Crippen molar-refractivity contribution in [3.05, 3.63) is 28.8 Å². The van der Waals surface area contributed by atoms with E-state index in [0.717, 1.165) is 11.3 Å². The van der Waals surface area contributed by atoms with Crippen LogP contribution >= 0.6 is 11.6 Å². The molecule has 144 valence electrons. The van der Waals surface area contributed by atoms with Gasteiger partial charge in [-0.3, -0.25) is 25.2 Å². The first-order valence-corrected chi connectivity index (χ1v) is 8.72. The minimum absolute atomic E-state index is 0.196. The molecule has 0 heterocycles. The number of hydrogen-bond acceptors (Lipinski definition) is 4. The Kier molecular flexibility index (Phi) is 8.38. The molecule has 0 aromatic heterocycles. The van der Waals surface area contributed by atoms with Crippen molar-refractivity contribution in [2.75, 3.05) is 13.2 Å². The third kappa shape index (κ3) is 8.20. The van der Waals surface area contributed by atoms with Gasteiger partial charge in [0.2, 0.25) is 11.8 Å². The second-order valence-electron chi connectivity index (χ2n) is 6.89. The van der Waals surface area contributed by atoms with E-state index < -0.39 is 11.3 Å². The lowest BCUT2D eigenvalue weighted by molar-refractivity contribution is -0.132. The monoisotopic (exact) mass is 383 g/mol. The number of carbonyl (C=O) groups excluding carboxylic acids is 3. The Morgan fingerprint density at radius 3 is 2.38 bits per heavy atom. The summed E-state index contributed by atoms with van der Waals surface area (Å²) in [5.41, 5.74) is 4.90. The topological polar surface area (TPSA) is 96.5 Å². The molecular formula is C18H26ClN3O4. The molecule has 0 saturated carbocycles. The summed E-state index contributed by atoms with van der Waals surface area (Å²) in [4.78, 5) is 34.9. The number of hydrogen-bond donors (Lipinski definition) is 3. The number of ether oxygens (including phenoxy) is 1. The summed E-state index contributed by atoms with van der Waals surface area (Å²) in [6.45, 7) is 7.30. The average Bonchev–Trinajstić information content (AvgIpc) is 2.55. The lowest BCUT2D eigenvalue weighted by atomic mass is 9.96. The summed E-state index contributed by atoms with van der Waals surface area (Å²) in [5, 5.41) is 3.14. The molecule has 0 atom stereocenters. The Bertz CT molecular complexity index is 656. The molecule has 0 unspecified atom stereocenters. The first kappa shape index (κ1) is 21.8. The van der Waals surface area contributed by atoms with Crippen LogP contribution in [-0.2, 0) is 14.4 Å². The molecule has 0 aliphatic heterocycles. The third-order valence-corrected chi connectivity index (χ3v) is 3.61. The molecule has 0 bridgehead atoms. The Hall–Kier alpha value is -2.28. The summed E-state index contributed by atoms with van der Waals surface area (Å²) >= 11 is 5.88. The van der Waals surface area contributed by atoms with E-state index in [4.69, 9.17) is 16.3 Å². The van der Waals surface area contributed by atoms with Crippen LogP contribution < -0.4 is 20.9 Å². The van der Waals surface area contributed by atoms with E-state index in [0.29, 0.717) is 18.1 Å². The van der Waals surface area contributed by atoms with Gasteiger partial charge in [0.15, 0.2) is 0 Å². The van der Waals surface area contributed by atoms with Gasteiger partial charge in [0.05, 0.1) is 13.2 Å². The summed E-state index contributed by atoms with van der Waals surface area (Å²) in [6.07, 6.45) is 0.686. The van der Waals surface area contributed by atoms with Gasteiger partial charge >= 0.3 is 0 Å². The molecule has 0 radical (unpaired) electrons. The predicted octanol–water partition coefficient (Wildman–Crippen LogP) is 2.12. The highest BCUT2D eigenvalue weighted by Gasteiger charge is 2.21. The standard InChI is InChI=1S/C18H26ClN3O4/c1-12-10-13(19)7-8-14(12)26-9-5-6-15(23)21-22-16(24)11-20-17(25)18(2,3)4/h7-8,10H,5-6,9,11H2,1-4H3,(H,20,25)(H,21,23)(H,22,24). The van der Waals surface area contributed by atoms with E-state index in [1.54, 1.807) is 39.0 Å². The third-order valence-electron chi connectivity index (χ3n) is 3.37. The van der Waals surface area contributed by atoms with Crippen LogP contribution in [0.2, 0.25) is 5.02 Å². The molecular weight excluding hydrogens is 358 g/mol. The summed E-state index contributed by atoms with van der Waals surface area (Å²) in [7, 11) is 0. The molecule has 3 N–H and O–H groups in total. The van der Waals surface area contributed by atoms with Gasteiger partial charge < -0.3 is 10.1 Å². The first-order valence-electron chi connectivity index (χ1n) is 8.34. The van der Waals surface area contributed by atoms with Gasteiger partial charge in [0, 0.05) is 16.9 Å². The van der Waals surface area contributed by atoms with Crippen molar-refractivity contribution >= 4 is 29.3 Å². The van der Waals surface area contributed by atoms with Crippen LogP contribution in [0, 0.1) is 12.3 Å². The number of rotatable bonds is 7. The highest BCUT2D eigenvalue weighted by Crippen LogP contribution is 2.21. The van der Waals surface area contributed by atoms with Crippen molar-refractivity contribution in [1.82, 2.24) is 16.2 Å². The number of halogens is 1. The Morgan fingerprint density at radius 2 is 1.77 bits per heavy atom. The van der Waals surface area contributed by atoms with Gasteiger partial charge in [-0.05, 0) is 37.1 Å². The van der Waals surface area contributed by atoms with Gasteiger partial charge in [-0.2, -0.15) is 0 Å². The smallest absolute Gasteiger partial charge is 0.257 e. The molecule has 1 aromatic rings. The molecule has 3 amide bonds. The first-order chi connectivity index (χ1) is 12.1. The Balaban J connectivity index is 2.18. The van der Waals surface area contributed by atoms with E-state index >= 15 is 0 Å². The minimum atomic E-state index is -0.577. The van der Waals surface area contributed by atoms with E-state index in [-0.39, 0.29) is 24.8 Å². The molecule has 26 heavy (non-hydrogen) atoms. The normalized spacial score (nSPS) is 10.8. The zero-order chi connectivity index (χ0) is 19.7. The summed E-state index contributed by atoms with van der Waals surface area (Å²) in [5.74, 6) is -0.354. The second kappa shape index (κ2) is 10.0. The van der Waals surface area contributed by atoms with Crippen molar-refractivity contribution in [3.63, 3.8) is 0 Å².